The SMILES string of the molecule is CCCCc1ccc(C2CCC(CCc3ccc(CCC)c(F)c3F)CC2)c(F)c1. The van der Waals surface area contributed by atoms with Gasteiger partial charge in [-0.1, -0.05) is 51.0 Å². The van der Waals surface area contributed by atoms with Crippen LogP contribution in [0.1, 0.15) is 93.4 Å². The van der Waals surface area contributed by atoms with E-state index in [1.807, 2.05) is 13.0 Å². The quantitative estimate of drug-likeness (QED) is 0.385. The number of benzene rings is 2. The first kappa shape index (κ1) is 22.9. The van der Waals surface area contributed by atoms with E-state index in [-0.39, 0.29) is 11.7 Å². The van der Waals surface area contributed by atoms with Crippen molar-refractivity contribution in [3.8, 4) is 0 Å². The molecular formula is C27H35F3. The van der Waals surface area contributed by atoms with Crippen LogP contribution in [0.2, 0.25) is 0 Å². The number of hydrogen-bond acceptors (Lipinski definition) is 0. The second-order valence-electron chi connectivity index (χ2n) is 8.98. The fourth-order valence-electron chi connectivity index (χ4n) is 4.84. The molecule has 0 nitrogen and oxygen atoms in total. The zero-order valence-electron chi connectivity index (χ0n) is 18.5. The molecule has 1 aliphatic rings. The van der Waals surface area contributed by atoms with Gasteiger partial charge in [0, 0.05) is 0 Å². The molecule has 0 atom stereocenters. The largest absolute Gasteiger partial charge is 0.207 e. The lowest BCUT2D eigenvalue weighted by Gasteiger charge is -2.29. The average Bonchev–Trinajstić information content (AvgIpc) is 2.76. The van der Waals surface area contributed by atoms with E-state index in [1.54, 1.807) is 18.2 Å². The number of unbranched alkanes of at least 4 members (excludes halogenated alkanes) is 1. The minimum atomic E-state index is -0.670. The van der Waals surface area contributed by atoms with Crippen LogP contribution in [0.3, 0.4) is 0 Å². The van der Waals surface area contributed by atoms with Gasteiger partial charge in [0.25, 0.3) is 0 Å². The second kappa shape index (κ2) is 11.0. The summed E-state index contributed by atoms with van der Waals surface area (Å²) >= 11 is 0. The normalized spacial score (nSPS) is 19.2. The lowest BCUT2D eigenvalue weighted by atomic mass is 9.76. The van der Waals surface area contributed by atoms with E-state index < -0.39 is 11.6 Å². The van der Waals surface area contributed by atoms with Crippen LogP contribution in [0.5, 0.6) is 0 Å². The van der Waals surface area contributed by atoms with Crippen molar-refractivity contribution in [2.24, 2.45) is 5.92 Å². The maximum absolute atomic E-state index is 14.6. The first-order chi connectivity index (χ1) is 14.5. The Bertz CT molecular complexity index is 819. The van der Waals surface area contributed by atoms with Gasteiger partial charge in [0.15, 0.2) is 11.6 Å². The van der Waals surface area contributed by atoms with Gasteiger partial charge in [-0.2, -0.15) is 0 Å². The van der Waals surface area contributed by atoms with E-state index in [0.717, 1.165) is 68.9 Å². The molecule has 1 saturated carbocycles. The zero-order chi connectivity index (χ0) is 21.5. The minimum Gasteiger partial charge on any atom is -0.207 e. The van der Waals surface area contributed by atoms with Crippen molar-refractivity contribution >= 4 is 0 Å². The van der Waals surface area contributed by atoms with Crippen LogP contribution >= 0.6 is 0 Å². The van der Waals surface area contributed by atoms with Crippen molar-refractivity contribution in [2.45, 2.75) is 90.4 Å². The van der Waals surface area contributed by atoms with Crippen LogP contribution in [-0.4, -0.2) is 0 Å². The third-order valence-corrected chi connectivity index (χ3v) is 6.75. The molecule has 0 spiro atoms. The van der Waals surface area contributed by atoms with E-state index in [4.69, 9.17) is 0 Å². The number of rotatable bonds is 9. The van der Waals surface area contributed by atoms with Crippen molar-refractivity contribution in [2.75, 3.05) is 0 Å². The molecule has 0 unspecified atom stereocenters. The Labute approximate surface area is 179 Å². The molecule has 0 aliphatic heterocycles. The molecule has 0 heterocycles. The lowest BCUT2D eigenvalue weighted by molar-refractivity contribution is 0.305. The Morgan fingerprint density at radius 3 is 2.03 bits per heavy atom. The number of hydrogen-bond donors (Lipinski definition) is 0. The van der Waals surface area contributed by atoms with Crippen molar-refractivity contribution < 1.29 is 13.2 Å². The third kappa shape index (κ3) is 5.68. The van der Waals surface area contributed by atoms with Gasteiger partial charge in [0.2, 0.25) is 0 Å². The maximum atomic E-state index is 14.6. The Morgan fingerprint density at radius 1 is 0.767 bits per heavy atom. The lowest BCUT2D eigenvalue weighted by Crippen LogP contribution is -2.15. The predicted octanol–water partition coefficient (Wildman–Crippen LogP) is 8.31. The fourth-order valence-corrected chi connectivity index (χ4v) is 4.84. The Kier molecular flexibility index (Phi) is 8.41. The van der Waals surface area contributed by atoms with Crippen LogP contribution in [0.4, 0.5) is 13.2 Å². The third-order valence-electron chi connectivity index (χ3n) is 6.75. The van der Waals surface area contributed by atoms with Crippen molar-refractivity contribution in [3.05, 3.63) is 70.0 Å². The molecule has 0 N–H and O–H groups in total. The zero-order valence-corrected chi connectivity index (χ0v) is 18.5. The molecular weight excluding hydrogens is 381 g/mol. The molecule has 1 fully saturated rings. The summed E-state index contributed by atoms with van der Waals surface area (Å²) in [5.41, 5.74) is 2.91. The molecule has 0 amide bonds. The van der Waals surface area contributed by atoms with E-state index in [0.29, 0.717) is 29.9 Å². The van der Waals surface area contributed by atoms with Crippen molar-refractivity contribution in [3.63, 3.8) is 0 Å². The molecule has 2 aromatic rings. The monoisotopic (exact) mass is 416 g/mol. The van der Waals surface area contributed by atoms with Crippen LogP contribution in [0, 0.1) is 23.4 Å². The molecule has 3 heteroatoms. The Morgan fingerprint density at radius 2 is 1.43 bits per heavy atom. The minimum absolute atomic E-state index is 0.0585. The van der Waals surface area contributed by atoms with Crippen LogP contribution in [-0.2, 0) is 19.3 Å². The van der Waals surface area contributed by atoms with Crippen LogP contribution in [0.25, 0.3) is 0 Å². The molecule has 0 saturated heterocycles. The van der Waals surface area contributed by atoms with E-state index in [1.165, 1.54) is 0 Å². The van der Waals surface area contributed by atoms with E-state index in [2.05, 4.69) is 13.0 Å². The molecule has 0 aromatic heterocycles. The van der Waals surface area contributed by atoms with E-state index in [9.17, 15) is 13.2 Å². The van der Waals surface area contributed by atoms with Crippen molar-refractivity contribution in [1.82, 2.24) is 0 Å². The summed E-state index contributed by atoms with van der Waals surface area (Å²) in [4.78, 5) is 0. The van der Waals surface area contributed by atoms with Crippen molar-refractivity contribution in [1.29, 1.82) is 0 Å². The summed E-state index contributed by atoms with van der Waals surface area (Å²) in [6, 6.07) is 9.28. The smallest absolute Gasteiger partial charge is 0.162 e. The summed E-state index contributed by atoms with van der Waals surface area (Å²) in [7, 11) is 0. The average molecular weight is 417 g/mol. The summed E-state index contributed by atoms with van der Waals surface area (Å²) in [5.74, 6) is -0.609. The van der Waals surface area contributed by atoms with Gasteiger partial charge in [-0.25, -0.2) is 13.2 Å². The summed E-state index contributed by atoms with van der Waals surface area (Å²) < 4.78 is 43.2. The molecule has 0 radical (unpaired) electrons. The highest BCUT2D eigenvalue weighted by molar-refractivity contribution is 5.28. The van der Waals surface area contributed by atoms with Crippen LogP contribution in [0.15, 0.2) is 30.3 Å². The topological polar surface area (TPSA) is 0 Å². The molecule has 164 valence electrons. The standard InChI is InChI=1S/C27H35F3/c1-3-5-7-20-11-17-24(25(28)18-20)21-12-8-19(9-13-21)10-14-23-16-15-22(6-4-2)26(29)27(23)30/h11,15-19,21H,3-10,12-14H2,1-2H3. The number of halogens is 3. The highest BCUT2D eigenvalue weighted by Crippen LogP contribution is 2.38. The van der Waals surface area contributed by atoms with Gasteiger partial charge in [-0.3, -0.25) is 0 Å². The highest BCUT2D eigenvalue weighted by atomic mass is 19.2. The molecule has 30 heavy (non-hydrogen) atoms. The van der Waals surface area contributed by atoms with E-state index >= 15 is 0 Å². The Hall–Kier alpha value is -1.77. The molecule has 3 rings (SSSR count). The molecule has 0 bridgehead atoms. The highest BCUT2D eigenvalue weighted by Gasteiger charge is 2.25. The maximum Gasteiger partial charge on any atom is 0.162 e. The number of aryl methyl sites for hydroxylation is 3. The van der Waals surface area contributed by atoms with Gasteiger partial charge < -0.3 is 0 Å². The van der Waals surface area contributed by atoms with Gasteiger partial charge in [0.1, 0.15) is 5.82 Å². The first-order valence-electron chi connectivity index (χ1n) is 11.8. The summed E-state index contributed by atoms with van der Waals surface area (Å²) in [5, 5.41) is 0. The van der Waals surface area contributed by atoms with Gasteiger partial charge in [-0.05, 0) is 97.9 Å². The fraction of sp³-hybridized carbons (Fsp3) is 0.556. The summed E-state index contributed by atoms with van der Waals surface area (Å²) in [6.07, 6.45) is 9.98. The van der Waals surface area contributed by atoms with Gasteiger partial charge >= 0.3 is 0 Å². The van der Waals surface area contributed by atoms with Gasteiger partial charge in [-0.15, -0.1) is 0 Å². The predicted molar refractivity (Wildman–Crippen MR) is 118 cm³/mol. The summed E-state index contributed by atoms with van der Waals surface area (Å²) in [6.45, 7) is 4.11. The molecule has 1 aliphatic carbocycles. The second-order valence-corrected chi connectivity index (χ2v) is 8.98. The Balaban J connectivity index is 1.52. The van der Waals surface area contributed by atoms with Crippen LogP contribution < -0.4 is 0 Å². The molecule has 2 aromatic carbocycles. The van der Waals surface area contributed by atoms with Gasteiger partial charge in [0.05, 0.1) is 0 Å². The first-order valence-corrected chi connectivity index (χ1v) is 11.8.